The maximum absolute atomic E-state index is 6.05. The van der Waals surface area contributed by atoms with E-state index in [4.69, 9.17) is 4.74 Å². The summed E-state index contributed by atoms with van der Waals surface area (Å²) < 4.78 is 6.05. The predicted octanol–water partition coefficient (Wildman–Crippen LogP) is 3.99. The van der Waals surface area contributed by atoms with E-state index in [0.29, 0.717) is 6.04 Å². The zero-order chi connectivity index (χ0) is 14.5. The van der Waals surface area contributed by atoms with Gasteiger partial charge in [-0.3, -0.25) is 4.98 Å². The van der Waals surface area contributed by atoms with Crippen molar-refractivity contribution in [1.29, 1.82) is 0 Å². The molecule has 0 fully saturated rings. The number of ether oxygens (including phenoxy) is 1. The fourth-order valence-electron chi connectivity index (χ4n) is 1.99. The Bertz CT molecular complexity index is 579. The normalized spacial score (nSPS) is 10.8. The van der Waals surface area contributed by atoms with E-state index < -0.39 is 0 Å². The van der Waals surface area contributed by atoms with E-state index >= 15 is 0 Å². The summed E-state index contributed by atoms with van der Waals surface area (Å²) in [4.78, 5) is 4.18. The third-order valence-corrected chi connectivity index (χ3v) is 3.11. The molecule has 0 bridgehead atoms. The SMILES string of the molecule is Cc1ccc(Oc2ccncc2CNC(C)C)c(C)c1. The molecule has 0 saturated heterocycles. The number of aryl methyl sites for hydroxylation is 2. The monoisotopic (exact) mass is 270 g/mol. The minimum absolute atomic E-state index is 0.434. The van der Waals surface area contributed by atoms with Crippen LogP contribution in [0.5, 0.6) is 11.5 Å². The Kier molecular flexibility index (Phi) is 4.74. The molecule has 2 rings (SSSR count). The summed E-state index contributed by atoms with van der Waals surface area (Å²) >= 11 is 0. The first kappa shape index (κ1) is 14.5. The Balaban J connectivity index is 2.20. The van der Waals surface area contributed by atoms with Gasteiger partial charge in [0.2, 0.25) is 0 Å². The van der Waals surface area contributed by atoms with Gasteiger partial charge in [-0.05, 0) is 31.5 Å². The zero-order valence-corrected chi connectivity index (χ0v) is 12.6. The zero-order valence-electron chi connectivity index (χ0n) is 12.6. The summed E-state index contributed by atoms with van der Waals surface area (Å²) in [7, 11) is 0. The highest BCUT2D eigenvalue weighted by Crippen LogP contribution is 2.27. The topological polar surface area (TPSA) is 34.1 Å². The molecule has 0 saturated carbocycles. The molecule has 0 aliphatic heterocycles. The number of benzene rings is 1. The summed E-state index contributed by atoms with van der Waals surface area (Å²) in [6, 6.07) is 8.56. The largest absolute Gasteiger partial charge is 0.457 e. The lowest BCUT2D eigenvalue weighted by Gasteiger charge is -2.14. The van der Waals surface area contributed by atoms with Crippen LogP contribution in [-0.2, 0) is 6.54 Å². The van der Waals surface area contributed by atoms with Gasteiger partial charge in [-0.25, -0.2) is 0 Å². The molecule has 0 spiro atoms. The number of nitrogens with zero attached hydrogens (tertiary/aromatic N) is 1. The first-order valence-electron chi connectivity index (χ1n) is 6.97. The molecular formula is C17H22N2O. The molecule has 0 amide bonds. The van der Waals surface area contributed by atoms with Crippen LogP contribution in [0.2, 0.25) is 0 Å². The number of hydrogen-bond acceptors (Lipinski definition) is 3. The molecule has 0 atom stereocenters. The Hall–Kier alpha value is -1.87. The fourth-order valence-corrected chi connectivity index (χ4v) is 1.99. The molecule has 20 heavy (non-hydrogen) atoms. The van der Waals surface area contributed by atoms with Crippen molar-refractivity contribution in [3.05, 3.63) is 53.3 Å². The Labute approximate surface area is 121 Å². The molecule has 0 aliphatic rings. The molecule has 1 heterocycles. The summed E-state index contributed by atoms with van der Waals surface area (Å²) in [5.74, 6) is 1.76. The molecule has 1 aromatic heterocycles. The highest BCUT2D eigenvalue weighted by atomic mass is 16.5. The van der Waals surface area contributed by atoms with Crippen LogP contribution in [0.4, 0.5) is 0 Å². The second-order valence-corrected chi connectivity index (χ2v) is 5.39. The van der Waals surface area contributed by atoms with E-state index in [1.807, 2.05) is 18.3 Å². The van der Waals surface area contributed by atoms with Crippen LogP contribution in [0, 0.1) is 13.8 Å². The maximum atomic E-state index is 6.05. The molecule has 3 heteroatoms. The van der Waals surface area contributed by atoms with Crippen LogP contribution in [0.1, 0.15) is 30.5 Å². The summed E-state index contributed by atoms with van der Waals surface area (Å²) in [6.45, 7) is 9.16. The lowest BCUT2D eigenvalue weighted by atomic mass is 10.1. The number of nitrogens with one attached hydrogen (secondary N) is 1. The van der Waals surface area contributed by atoms with Crippen molar-refractivity contribution in [3.63, 3.8) is 0 Å². The summed E-state index contributed by atoms with van der Waals surface area (Å²) in [5.41, 5.74) is 3.46. The lowest BCUT2D eigenvalue weighted by Crippen LogP contribution is -2.22. The second-order valence-electron chi connectivity index (χ2n) is 5.39. The van der Waals surface area contributed by atoms with Gasteiger partial charge in [0, 0.05) is 30.5 Å². The van der Waals surface area contributed by atoms with Crippen molar-refractivity contribution in [1.82, 2.24) is 10.3 Å². The highest BCUT2D eigenvalue weighted by molar-refractivity contribution is 5.41. The van der Waals surface area contributed by atoms with Crippen molar-refractivity contribution in [2.45, 2.75) is 40.3 Å². The van der Waals surface area contributed by atoms with E-state index in [0.717, 1.165) is 29.2 Å². The maximum Gasteiger partial charge on any atom is 0.135 e. The van der Waals surface area contributed by atoms with Gasteiger partial charge in [0.05, 0.1) is 0 Å². The van der Waals surface area contributed by atoms with Crippen molar-refractivity contribution in [2.75, 3.05) is 0 Å². The van der Waals surface area contributed by atoms with Crippen LogP contribution < -0.4 is 10.1 Å². The van der Waals surface area contributed by atoms with Crippen molar-refractivity contribution >= 4 is 0 Å². The predicted molar refractivity (Wildman–Crippen MR) is 82.2 cm³/mol. The number of aromatic nitrogens is 1. The van der Waals surface area contributed by atoms with Crippen LogP contribution in [-0.4, -0.2) is 11.0 Å². The average Bonchev–Trinajstić information content (AvgIpc) is 2.41. The van der Waals surface area contributed by atoms with E-state index in [1.165, 1.54) is 5.56 Å². The Morgan fingerprint density at radius 3 is 2.65 bits per heavy atom. The van der Waals surface area contributed by atoms with Gasteiger partial charge < -0.3 is 10.1 Å². The van der Waals surface area contributed by atoms with Crippen molar-refractivity contribution < 1.29 is 4.74 Å². The molecule has 0 radical (unpaired) electrons. The number of pyridine rings is 1. The van der Waals surface area contributed by atoms with E-state index in [-0.39, 0.29) is 0 Å². The van der Waals surface area contributed by atoms with Crippen molar-refractivity contribution in [3.8, 4) is 11.5 Å². The minimum atomic E-state index is 0.434. The van der Waals surface area contributed by atoms with Gasteiger partial charge in [-0.2, -0.15) is 0 Å². The fraction of sp³-hybridized carbons (Fsp3) is 0.353. The molecular weight excluding hydrogens is 248 g/mol. The lowest BCUT2D eigenvalue weighted by molar-refractivity contribution is 0.465. The molecule has 0 aliphatic carbocycles. The highest BCUT2D eigenvalue weighted by Gasteiger charge is 2.07. The van der Waals surface area contributed by atoms with Gasteiger partial charge in [0.1, 0.15) is 11.5 Å². The van der Waals surface area contributed by atoms with Gasteiger partial charge in [-0.15, -0.1) is 0 Å². The summed E-state index contributed by atoms with van der Waals surface area (Å²) in [6.07, 6.45) is 3.62. The quantitative estimate of drug-likeness (QED) is 0.892. The van der Waals surface area contributed by atoms with Crippen LogP contribution >= 0.6 is 0 Å². The molecule has 106 valence electrons. The average molecular weight is 270 g/mol. The van der Waals surface area contributed by atoms with Crippen LogP contribution in [0.3, 0.4) is 0 Å². The number of rotatable bonds is 5. The minimum Gasteiger partial charge on any atom is -0.457 e. The third-order valence-electron chi connectivity index (χ3n) is 3.11. The molecule has 1 aromatic carbocycles. The number of hydrogen-bond donors (Lipinski definition) is 1. The Morgan fingerprint density at radius 2 is 1.95 bits per heavy atom. The van der Waals surface area contributed by atoms with Gasteiger partial charge in [-0.1, -0.05) is 31.5 Å². The molecule has 1 N–H and O–H groups in total. The van der Waals surface area contributed by atoms with Gasteiger partial charge in [0.25, 0.3) is 0 Å². The van der Waals surface area contributed by atoms with Crippen LogP contribution in [0.25, 0.3) is 0 Å². The first-order valence-corrected chi connectivity index (χ1v) is 6.97. The smallest absolute Gasteiger partial charge is 0.135 e. The summed E-state index contributed by atoms with van der Waals surface area (Å²) in [5, 5.41) is 3.39. The molecule has 3 nitrogen and oxygen atoms in total. The second kappa shape index (κ2) is 6.53. The Morgan fingerprint density at radius 1 is 1.15 bits per heavy atom. The van der Waals surface area contributed by atoms with Gasteiger partial charge in [0.15, 0.2) is 0 Å². The van der Waals surface area contributed by atoms with Crippen LogP contribution in [0.15, 0.2) is 36.7 Å². The van der Waals surface area contributed by atoms with Crippen molar-refractivity contribution in [2.24, 2.45) is 0 Å². The van der Waals surface area contributed by atoms with E-state index in [9.17, 15) is 0 Å². The first-order chi connectivity index (χ1) is 9.56. The standard InChI is InChI=1S/C17H22N2O/c1-12(2)19-11-15-10-18-8-7-17(15)20-16-6-5-13(3)9-14(16)4/h5-10,12,19H,11H2,1-4H3. The van der Waals surface area contributed by atoms with E-state index in [1.54, 1.807) is 6.20 Å². The van der Waals surface area contributed by atoms with Gasteiger partial charge >= 0.3 is 0 Å². The van der Waals surface area contributed by atoms with E-state index in [2.05, 4.69) is 50.1 Å². The molecule has 0 unspecified atom stereocenters. The third kappa shape index (κ3) is 3.81. The molecule has 2 aromatic rings.